The van der Waals surface area contributed by atoms with Crippen molar-refractivity contribution in [3.63, 3.8) is 0 Å². The molecule has 0 bridgehead atoms. The van der Waals surface area contributed by atoms with Crippen LogP contribution in [-0.4, -0.2) is 12.4 Å². The molecule has 0 saturated carbocycles. The van der Waals surface area contributed by atoms with E-state index in [2.05, 4.69) is 5.92 Å². The second-order valence-corrected chi connectivity index (χ2v) is 9.31. The van der Waals surface area contributed by atoms with Crippen molar-refractivity contribution < 1.29 is 22.7 Å². The van der Waals surface area contributed by atoms with Crippen LogP contribution in [0, 0.1) is 42.6 Å². The van der Waals surface area contributed by atoms with Crippen LogP contribution in [0.1, 0.15) is 64.4 Å². The second kappa shape index (κ2) is 11.1. The largest absolute Gasteiger partial charge is 0.480 e. The van der Waals surface area contributed by atoms with Crippen molar-refractivity contribution in [1.82, 2.24) is 0 Å². The van der Waals surface area contributed by atoms with Gasteiger partial charge in [0.1, 0.15) is 18.2 Å². The van der Waals surface area contributed by atoms with Crippen LogP contribution in [0.3, 0.4) is 0 Å². The van der Waals surface area contributed by atoms with Crippen LogP contribution < -0.4 is 4.74 Å². The number of para-hydroxylation sites is 1. The molecule has 190 valence electrons. The summed E-state index contributed by atoms with van der Waals surface area (Å²) in [4.78, 5) is 13.8. The lowest BCUT2D eigenvalue weighted by Gasteiger charge is -2.24. The van der Waals surface area contributed by atoms with Gasteiger partial charge in [0, 0.05) is 17.4 Å². The number of hydrogen-bond donors (Lipinski definition) is 0. The van der Waals surface area contributed by atoms with E-state index in [1.165, 1.54) is 6.92 Å². The quantitative estimate of drug-likeness (QED) is 0.180. The normalized spacial score (nSPS) is 16.8. The van der Waals surface area contributed by atoms with E-state index in [0.717, 1.165) is 27.8 Å². The maximum atomic E-state index is 15.3. The molecule has 0 saturated heterocycles. The summed E-state index contributed by atoms with van der Waals surface area (Å²) in [5.41, 5.74) is 3.83. The monoisotopic (exact) mass is 502 g/mol. The number of benzene rings is 3. The van der Waals surface area contributed by atoms with E-state index in [9.17, 15) is 13.6 Å². The fraction of sp³-hybridized carbons (Fsp3) is 0.281. The number of ether oxygens (including phenoxy) is 1. The van der Waals surface area contributed by atoms with Gasteiger partial charge in [-0.1, -0.05) is 73.9 Å². The first-order chi connectivity index (χ1) is 17.8. The Labute approximate surface area is 216 Å². The van der Waals surface area contributed by atoms with Gasteiger partial charge in [-0.2, -0.15) is 0 Å². The molecule has 0 aromatic heterocycles. The Kier molecular flexibility index (Phi) is 7.88. The Bertz CT molecular complexity index is 1400. The van der Waals surface area contributed by atoms with Crippen LogP contribution in [0.25, 0.3) is 5.57 Å². The number of rotatable bonds is 8. The summed E-state index contributed by atoms with van der Waals surface area (Å²) >= 11 is 0. The molecule has 1 aliphatic carbocycles. The molecular weight excluding hydrogens is 473 g/mol. The maximum Gasteiger partial charge on any atom is 0.173 e. The van der Waals surface area contributed by atoms with Crippen molar-refractivity contribution in [1.29, 1.82) is 0 Å². The van der Waals surface area contributed by atoms with Crippen molar-refractivity contribution in [2.45, 2.75) is 46.0 Å². The average molecular weight is 503 g/mol. The van der Waals surface area contributed by atoms with Crippen LogP contribution in [0.2, 0.25) is 0 Å². The molecule has 0 spiro atoms. The fourth-order valence-corrected chi connectivity index (χ4v) is 5.10. The molecule has 1 aliphatic rings. The summed E-state index contributed by atoms with van der Waals surface area (Å²) in [7, 11) is 0. The van der Waals surface area contributed by atoms with Gasteiger partial charge in [-0.25, -0.2) is 13.2 Å². The van der Waals surface area contributed by atoms with E-state index in [1.807, 2.05) is 62.4 Å². The van der Waals surface area contributed by atoms with E-state index in [1.54, 1.807) is 0 Å². The van der Waals surface area contributed by atoms with Crippen LogP contribution in [0.5, 0.6) is 5.75 Å². The smallest absolute Gasteiger partial charge is 0.173 e. The fourth-order valence-electron chi connectivity index (χ4n) is 5.10. The van der Waals surface area contributed by atoms with Gasteiger partial charge in [0.2, 0.25) is 0 Å². The van der Waals surface area contributed by atoms with E-state index in [-0.39, 0.29) is 13.0 Å². The lowest BCUT2D eigenvalue weighted by molar-refractivity contribution is 0.0929. The maximum absolute atomic E-state index is 15.3. The number of Topliss-reactive ketones (excluding diaryl/α,β-unsaturated/α-hetero) is 1. The van der Waals surface area contributed by atoms with Gasteiger partial charge in [0.15, 0.2) is 17.4 Å². The van der Waals surface area contributed by atoms with Crippen LogP contribution in [-0.2, 0) is 12.8 Å². The zero-order chi connectivity index (χ0) is 26.7. The molecule has 0 N–H and O–H groups in total. The van der Waals surface area contributed by atoms with Gasteiger partial charge in [0.25, 0.3) is 0 Å². The highest BCUT2D eigenvalue weighted by molar-refractivity contribution is 6.02. The van der Waals surface area contributed by atoms with Crippen molar-refractivity contribution in [3.05, 3.63) is 105 Å². The van der Waals surface area contributed by atoms with Gasteiger partial charge in [-0.05, 0) is 54.5 Å². The number of carbonyl (C=O) groups is 1. The predicted molar refractivity (Wildman–Crippen MR) is 140 cm³/mol. The minimum atomic E-state index is -1.25. The van der Waals surface area contributed by atoms with Crippen LogP contribution in [0.15, 0.2) is 54.6 Å². The third-order valence-electron chi connectivity index (χ3n) is 7.05. The Morgan fingerprint density at radius 2 is 1.78 bits per heavy atom. The van der Waals surface area contributed by atoms with Gasteiger partial charge in [-0.3, -0.25) is 4.79 Å². The van der Waals surface area contributed by atoms with Gasteiger partial charge in [-0.15, -0.1) is 6.42 Å². The van der Waals surface area contributed by atoms with Gasteiger partial charge in [0.05, 0.1) is 5.56 Å². The van der Waals surface area contributed by atoms with Crippen molar-refractivity contribution >= 4 is 11.4 Å². The SMILES string of the molecule is C#CCOc1c(CC)cccc1C1CC(c2ccc(C)cc2)=CC1C(=O)c1cc(F)c(F)c(CC)c1F. The number of ketones is 1. The predicted octanol–water partition coefficient (Wildman–Crippen LogP) is 7.62. The first-order valence-corrected chi connectivity index (χ1v) is 12.5. The topological polar surface area (TPSA) is 26.3 Å². The van der Waals surface area contributed by atoms with Gasteiger partial charge < -0.3 is 4.74 Å². The first-order valence-electron chi connectivity index (χ1n) is 12.5. The zero-order valence-electron chi connectivity index (χ0n) is 21.2. The molecular formula is C32H29F3O2. The molecule has 0 amide bonds. The summed E-state index contributed by atoms with van der Waals surface area (Å²) < 4.78 is 49.9. The number of terminal acetylenes is 1. The van der Waals surface area contributed by atoms with Crippen molar-refractivity contribution in [2.75, 3.05) is 6.61 Å². The Balaban J connectivity index is 1.86. The zero-order valence-corrected chi connectivity index (χ0v) is 21.2. The number of aryl methyl sites for hydroxylation is 2. The highest BCUT2D eigenvalue weighted by Crippen LogP contribution is 2.48. The molecule has 3 aromatic carbocycles. The number of allylic oxidation sites excluding steroid dienone is 2. The Hall–Kier alpha value is -3.78. The molecule has 2 unspecified atom stereocenters. The Morgan fingerprint density at radius 1 is 1.05 bits per heavy atom. The highest BCUT2D eigenvalue weighted by atomic mass is 19.2. The lowest BCUT2D eigenvalue weighted by Crippen LogP contribution is -2.21. The van der Waals surface area contributed by atoms with Crippen LogP contribution in [0.4, 0.5) is 13.2 Å². The highest BCUT2D eigenvalue weighted by Gasteiger charge is 2.38. The summed E-state index contributed by atoms with van der Waals surface area (Å²) in [5.74, 6) is -2.19. The first kappa shape index (κ1) is 26.3. The van der Waals surface area contributed by atoms with E-state index < -0.39 is 46.2 Å². The summed E-state index contributed by atoms with van der Waals surface area (Å²) in [5, 5.41) is 0. The standard InChI is InChI=1S/C32H29F3O2/c1-5-15-37-32-20(6-2)9-8-10-24(32)25-16-22(21-13-11-19(4)12-14-21)17-26(25)31(36)27-18-28(33)30(35)23(7-3)29(27)34/h1,8-14,17-18,25-26H,6-7,15-16H2,2-4H3. The summed E-state index contributed by atoms with van der Waals surface area (Å²) in [6.45, 7) is 5.57. The molecule has 37 heavy (non-hydrogen) atoms. The number of halogens is 3. The minimum absolute atomic E-state index is 0.0608. The molecule has 0 aliphatic heterocycles. The van der Waals surface area contributed by atoms with Crippen molar-refractivity contribution in [2.24, 2.45) is 5.92 Å². The number of carbonyl (C=O) groups excluding carboxylic acids is 1. The van der Waals surface area contributed by atoms with Crippen molar-refractivity contribution in [3.8, 4) is 18.1 Å². The Morgan fingerprint density at radius 3 is 2.43 bits per heavy atom. The number of hydrogen-bond acceptors (Lipinski definition) is 2. The molecule has 3 aromatic rings. The second-order valence-electron chi connectivity index (χ2n) is 9.31. The molecule has 0 radical (unpaired) electrons. The molecule has 2 atom stereocenters. The molecule has 5 heteroatoms. The third kappa shape index (κ3) is 5.06. The molecule has 0 fully saturated rings. The van der Waals surface area contributed by atoms with E-state index in [0.29, 0.717) is 24.7 Å². The average Bonchev–Trinajstić information content (AvgIpc) is 3.35. The molecule has 0 heterocycles. The van der Waals surface area contributed by atoms with Gasteiger partial charge >= 0.3 is 0 Å². The summed E-state index contributed by atoms with van der Waals surface area (Å²) in [6, 6.07) is 14.4. The lowest BCUT2D eigenvalue weighted by atomic mass is 9.81. The minimum Gasteiger partial charge on any atom is -0.480 e. The molecule has 2 nitrogen and oxygen atoms in total. The summed E-state index contributed by atoms with van der Waals surface area (Å²) in [6.07, 6.45) is 8.39. The van der Waals surface area contributed by atoms with E-state index >= 15 is 4.39 Å². The third-order valence-corrected chi connectivity index (χ3v) is 7.05. The van der Waals surface area contributed by atoms with Crippen LogP contribution >= 0.6 is 0 Å². The van der Waals surface area contributed by atoms with E-state index in [4.69, 9.17) is 11.2 Å². The molecule has 4 rings (SSSR count).